The SMILES string of the molecule is CCC(CC1=CC=CCCCC1)C(C)(C)C. The summed E-state index contributed by atoms with van der Waals surface area (Å²) in [5.41, 5.74) is 2.11. The minimum atomic E-state index is 0.446. The second kappa shape index (κ2) is 6.27. The van der Waals surface area contributed by atoms with Crippen molar-refractivity contribution >= 4 is 0 Å². The second-order valence-electron chi connectivity index (χ2n) is 6.17. The summed E-state index contributed by atoms with van der Waals surface area (Å²) >= 11 is 0. The van der Waals surface area contributed by atoms with Gasteiger partial charge in [0.1, 0.15) is 0 Å². The van der Waals surface area contributed by atoms with Crippen molar-refractivity contribution in [2.75, 3.05) is 0 Å². The molecule has 1 aliphatic carbocycles. The number of hydrogen-bond donors (Lipinski definition) is 0. The summed E-state index contributed by atoms with van der Waals surface area (Å²) in [4.78, 5) is 0. The van der Waals surface area contributed by atoms with E-state index >= 15 is 0 Å². The largest absolute Gasteiger partial charge is 0.0845 e. The van der Waals surface area contributed by atoms with E-state index in [1.165, 1.54) is 38.5 Å². The lowest BCUT2D eigenvalue weighted by Gasteiger charge is -2.31. The van der Waals surface area contributed by atoms with Gasteiger partial charge in [0.05, 0.1) is 0 Å². The van der Waals surface area contributed by atoms with Crippen LogP contribution in [-0.2, 0) is 0 Å². The second-order valence-corrected chi connectivity index (χ2v) is 6.17. The van der Waals surface area contributed by atoms with Crippen LogP contribution in [0.15, 0.2) is 23.8 Å². The average molecular weight is 220 g/mol. The highest BCUT2D eigenvalue weighted by molar-refractivity contribution is 5.14. The third-order valence-electron chi connectivity index (χ3n) is 3.81. The van der Waals surface area contributed by atoms with Crippen molar-refractivity contribution in [1.82, 2.24) is 0 Å². The normalized spacial score (nSPS) is 19.9. The lowest BCUT2D eigenvalue weighted by molar-refractivity contribution is 0.229. The fourth-order valence-electron chi connectivity index (χ4n) is 2.55. The Morgan fingerprint density at radius 1 is 1.25 bits per heavy atom. The number of rotatable bonds is 3. The average Bonchev–Trinajstić information content (AvgIpc) is 2.14. The van der Waals surface area contributed by atoms with Crippen molar-refractivity contribution in [3.05, 3.63) is 23.8 Å². The van der Waals surface area contributed by atoms with Gasteiger partial charge >= 0.3 is 0 Å². The van der Waals surface area contributed by atoms with Gasteiger partial charge in [-0.2, -0.15) is 0 Å². The van der Waals surface area contributed by atoms with Crippen LogP contribution in [-0.4, -0.2) is 0 Å². The standard InChI is InChI=1S/C16H28/c1-5-15(16(2,3)4)13-14-11-9-7-6-8-10-12-14/h7,9,11,15H,5-6,8,10,12-13H2,1-4H3. The van der Waals surface area contributed by atoms with Gasteiger partial charge in [-0.15, -0.1) is 0 Å². The molecule has 0 aromatic carbocycles. The quantitative estimate of drug-likeness (QED) is 0.588. The lowest BCUT2D eigenvalue weighted by atomic mass is 9.75. The van der Waals surface area contributed by atoms with E-state index in [1.54, 1.807) is 5.57 Å². The van der Waals surface area contributed by atoms with E-state index in [-0.39, 0.29) is 0 Å². The molecule has 92 valence electrons. The molecule has 0 amide bonds. The summed E-state index contributed by atoms with van der Waals surface area (Å²) in [5, 5.41) is 0. The minimum Gasteiger partial charge on any atom is -0.0845 e. The first-order chi connectivity index (χ1) is 7.54. The van der Waals surface area contributed by atoms with Crippen LogP contribution in [0.2, 0.25) is 0 Å². The van der Waals surface area contributed by atoms with E-state index in [1.807, 2.05) is 0 Å². The Hall–Kier alpha value is -0.520. The first kappa shape index (κ1) is 13.5. The maximum Gasteiger partial charge on any atom is -0.0284 e. The molecule has 1 rings (SSSR count). The van der Waals surface area contributed by atoms with Crippen LogP contribution in [0.5, 0.6) is 0 Å². The number of hydrogen-bond acceptors (Lipinski definition) is 0. The fourth-order valence-corrected chi connectivity index (χ4v) is 2.55. The Bertz CT molecular complexity index is 250. The molecule has 0 nitrogen and oxygen atoms in total. The van der Waals surface area contributed by atoms with Crippen molar-refractivity contribution in [2.24, 2.45) is 11.3 Å². The Morgan fingerprint density at radius 3 is 2.62 bits per heavy atom. The maximum absolute atomic E-state index is 2.38. The smallest absolute Gasteiger partial charge is 0.0284 e. The number of allylic oxidation sites excluding steroid dienone is 4. The zero-order valence-corrected chi connectivity index (χ0v) is 11.6. The van der Waals surface area contributed by atoms with Crippen LogP contribution in [0.4, 0.5) is 0 Å². The summed E-state index contributed by atoms with van der Waals surface area (Å²) in [6.07, 6.45) is 14.9. The molecule has 0 N–H and O–H groups in total. The maximum atomic E-state index is 2.38. The van der Waals surface area contributed by atoms with E-state index in [0.29, 0.717) is 5.41 Å². The molecule has 0 fully saturated rings. The van der Waals surface area contributed by atoms with Gasteiger partial charge in [-0.25, -0.2) is 0 Å². The summed E-state index contributed by atoms with van der Waals surface area (Å²) in [5.74, 6) is 0.826. The van der Waals surface area contributed by atoms with E-state index < -0.39 is 0 Å². The van der Waals surface area contributed by atoms with Gasteiger partial charge < -0.3 is 0 Å². The van der Waals surface area contributed by atoms with Crippen molar-refractivity contribution < 1.29 is 0 Å². The molecule has 0 heteroatoms. The first-order valence-electron chi connectivity index (χ1n) is 6.88. The predicted molar refractivity (Wildman–Crippen MR) is 73.5 cm³/mol. The van der Waals surface area contributed by atoms with Crippen molar-refractivity contribution in [1.29, 1.82) is 0 Å². The molecule has 16 heavy (non-hydrogen) atoms. The highest BCUT2D eigenvalue weighted by Crippen LogP contribution is 2.35. The zero-order valence-electron chi connectivity index (χ0n) is 11.6. The molecule has 0 radical (unpaired) electrons. The molecule has 1 atom stereocenters. The Balaban J connectivity index is 2.62. The van der Waals surface area contributed by atoms with Crippen molar-refractivity contribution in [2.45, 2.75) is 66.2 Å². The molecule has 0 aliphatic heterocycles. The molecule has 0 aromatic heterocycles. The highest BCUT2D eigenvalue weighted by atomic mass is 14.3. The molecule has 0 heterocycles. The molecule has 1 unspecified atom stereocenters. The first-order valence-corrected chi connectivity index (χ1v) is 6.88. The van der Waals surface area contributed by atoms with Gasteiger partial charge in [0.25, 0.3) is 0 Å². The molecular formula is C16H28. The van der Waals surface area contributed by atoms with Crippen LogP contribution >= 0.6 is 0 Å². The summed E-state index contributed by atoms with van der Waals surface area (Å²) in [6, 6.07) is 0. The third-order valence-corrected chi connectivity index (χ3v) is 3.81. The highest BCUT2D eigenvalue weighted by Gasteiger charge is 2.23. The lowest BCUT2D eigenvalue weighted by Crippen LogP contribution is -2.20. The van der Waals surface area contributed by atoms with Crippen LogP contribution in [0.1, 0.15) is 66.2 Å². The van der Waals surface area contributed by atoms with Gasteiger partial charge in [0.2, 0.25) is 0 Å². The monoisotopic (exact) mass is 220 g/mol. The Kier molecular flexibility index (Phi) is 5.31. The van der Waals surface area contributed by atoms with Gasteiger partial charge in [-0.3, -0.25) is 0 Å². The van der Waals surface area contributed by atoms with Gasteiger partial charge in [-0.05, 0) is 43.4 Å². The van der Waals surface area contributed by atoms with Crippen molar-refractivity contribution in [3.63, 3.8) is 0 Å². The van der Waals surface area contributed by atoms with Crippen molar-refractivity contribution in [3.8, 4) is 0 Å². The van der Waals surface area contributed by atoms with Gasteiger partial charge in [0, 0.05) is 0 Å². The van der Waals surface area contributed by atoms with E-state index in [2.05, 4.69) is 45.9 Å². The van der Waals surface area contributed by atoms with E-state index in [0.717, 1.165) is 5.92 Å². The molecule has 0 aromatic rings. The summed E-state index contributed by atoms with van der Waals surface area (Å²) in [6.45, 7) is 9.46. The van der Waals surface area contributed by atoms with Gasteiger partial charge in [-0.1, -0.05) is 57.9 Å². The van der Waals surface area contributed by atoms with Crippen LogP contribution < -0.4 is 0 Å². The molecule has 1 aliphatic rings. The molecule has 0 saturated heterocycles. The Labute approximate surface area is 102 Å². The van der Waals surface area contributed by atoms with Crippen LogP contribution in [0.25, 0.3) is 0 Å². The minimum absolute atomic E-state index is 0.446. The van der Waals surface area contributed by atoms with E-state index in [9.17, 15) is 0 Å². The Morgan fingerprint density at radius 2 is 2.00 bits per heavy atom. The molecule has 0 saturated carbocycles. The van der Waals surface area contributed by atoms with Gasteiger partial charge in [0.15, 0.2) is 0 Å². The molecule has 0 bridgehead atoms. The zero-order chi connectivity index (χ0) is 12.0. The van der Waals surface area contributed by atoms with E-state index in [4.69, 9.17) is 0 Å². The summed E-state index contributed by atoms with van der Waals surface area (Å²) in [7, 11) is 0. The molecule has 0 spiro atoms. The predicted octanol–water partition coefficient (Wildman–Crippen LogP) is 5.51. The molecular weight excluding hydrogens is 192 g/mol. The van der Waals surface area contributed by atoms with Crippen LogP contribution in [0.3, 0.4) is 0 Å². The fraction of sp³-hybridized carbons (Fsp3) is 0.750. The van der Waals surface area contributed by atoms with Crippen LogP contribution in [0, 0.1) is 11.3 Å². The topological polar surface area (TPSA) is 0 Å². The third kappa shape index (κ3) is 4.55. The summed E-state index contributed by atoms with van der Waals surface area (Å²) < 4.78 is 0.